The Hall–Kier alpha value is -2.73. The standard InChI is InChI=1S/C21H23N3O3/c1-16-10-17(12-22-11-16)20(26)23-9-5-8-21(14-23)15-24(19(25)13-27-21)18-6-3-2-4-7-18/h2-4,6-7,10-12H,5,8-9,13-15H2,1H3. The van der Waals surface area contributed by atoms with Gasteiger partial charge in [-0.2, -0.15) is 0 Å². The van der Waals surface area contributed by atoms with Crippen LogP contribution in [-0.2, 0) is 9.53 Å². The lowest BCUT2D eigenvalue weighted by atomic mass is 9.90. The number of para-hydroxylation sites is 1. The molecule has 2 aromatic rings. The van der Waals surface area contributed by atoms with Gasteiger partial charge in [0.15, 0.2) is 0 Å². The van der Waals surface area contributed by atoms with E-state index < -0.39 is 5.60 Å². The Labute approximate surface area is 158 Å². The van der Waals surface area contributed by atoms with E-state index in [2.05, 4.69) is 4.98 Å². The van der Waals surface area contributed by atoms with Gasteiger partial charge in [-0.15, -0.1) is 0 Å². The Balaban J connectivity index is 1.54. The molecule has 27 heavy (non-hydrogen) atoms. The van der Waals surface area contributed by atoms with Crippen molar-refractivity contribution in [3.63, 3.8) is 0 Å². The third-order valence-corrected chi connectivity index (χ3v) is 5.27. The van der Waals surface area contributed by atoms with Gasteiger partial charge in [-0.25, -0.2) is 0 Å². The summed E-state index contributed by atoms with van der Waals surface area (Å²) < 4.78 is 6.01. The monoisotopic (exact) mass is 365 g/mol. The summed E-state index contributed by atoms with van der Waals surface area (Å²) in [6.07, 6.45) is 5.03. The molecule has 140 valence electrons. The first kappa shape index (κ1) is 17.7. The summed E-state index contributed by atoms with van der Waals surface area (Å²) in [4.78, 5) is 33.1. The smallest absolute Gasteiger partial charge is 0.255 e. The second-order valence-electron chi connectivity index (χ2n) is 7.37. The number of aryl methyl sites for hydroxylation is 1. The number of nitrogens with zero attached hydrogens (tertiary/aromatic N) is 3. The molecule has 0 radical (unpaired) electrons. The van der Waals surface area contributed by atoms with Crippen LogP contribution in [0, 0.1) is 6.92 Å². The van der Waals surface area contributed by atoms with E-state index in [9.17, 15) is 9.59 Å². The summed E-state index contributed by atoms with van der Waals surface area (Å²) in [5, 5.41) is 0. The van der Waals surface area contributed by atoms with Crippen LogP contribution in [0.4, 0.5) is 5.69 Å². The number of ether oxygens (including phenoxy) is 1. The van der Waals surface area contributed by atoms with Crippen LogP contribution in [0.2, 0.25) is 0 Å². The normalized spacial score (nSPS) is 22.9. The lowest BCUT2D eigenvalue weighted by Gasteiger charge is -2.47. The number of benzene rings is 1. The number of piperidine rings is 1. The van der Waals surface area contributed by atoms with E-state index in [1.807, 2.05) is 48.2 Å². The van der Waals surface area contributed by atoms with Gasteiger partial charge < -0.3 is 14.5 Å². The number of rotatable bonds is 2. The highest BCUT2D eigenvalue weighted by Gasteiger charge is 2.44. The molecule has 2 amide bonds. The molecule has 0 saturated carbocycles. The van der Waals surface area contributed by atoms with Gasteiger partial charge >= 0.3 is 0 Å². The summed E-state index contributed by atoms with van der Waals surface area (Å²) >= 11 is 0. The first-order valence-electron chi connectivity index (χ1n) is 9.27. The van der Waals surface area contributed by atoms with Crippen LogP contribution < -0.4 is 4.90 Å². The van der Waals surface area contributed by atoms with Crippen molar-refractivity contribution in [2.45, 2.75) is 25.4 Å². The molecule has 1 aromatic carbocycles. The number of anilines is 1. The molecule has 1 atom stereocenters. The van der Waals surface area contributed by atoms with E-state index in [1.54, 1.807) is 17.3 Å². The quantitative estimate of drug-likeness (QED) is 0.820. The molecule has 4 rings (SSSR count). The summed E-state index contributed by atoms with van der Waals surface area (Å²) in [6, 6.07) is 11.5. The first-order chi connectivity index (χ1) is 13.1. The van der Waals surface area contributed by atoms with Crippen LogP contribution in [0.25, 0.3) is 0 Å². The van der Waals surface area contributed by atoms with Gasteiger partial charge in [0.05, 0.1) is 18.7 Å². The number of morpholine rings is 1. The van der Waals surface area contributed by atoms with Crippen LogP contribution >= 0.6 is 0 Å². The Bertz CT molecular complexity index is 855. The van der Waals surface area contributed by atoms with Crippen molar-refractivity contribution in [2.24, 2.45) is 0 Å². The van der Waals surface area contributed by atoms with Crippen LogP contribution in [0.3, 0.4) is 0 Å². The first-order valence-corrected chi connectivity index (χ1v) is 9.27. The molecule has 1 unspecified atom stereocenters. The molecule has 3 heterocycles. The van der Waals surface area contributed by atoms with Gasteiger partial charge in [0.2, 0.25) is 0 Å². The molecule has 2 fully saturated rings. The number of carbonyl (C=O) groups excluding carboxylic acids is 2. The third kappa shape index (κ3) is 3.57. The maximum absolute atomic E-state index is 12.9. The fourth-order valence-electron chi connectivity index (χ4n) is 3.93. The molecule has 2 saturated heterocycles. The highest BCUT2D eigenvalue weighted by molar-refractivity contribution is 5.96. The zero-order chi connectivity index (χ0) is 18.9. The molecule has 0 N–H and O–H groups in total. The second kappa shape index (κ2) is 7.12. The van der Waals surface area contributed by atoms with Gasteiger partial charge in [-0.1, -0.05) is 18.2 Å². The van der Waals surface area contributed by atoms with Crippen LogP contribution in [0.15, 0.2) is 48.8 Å². The summed E-state index contributed by atoms with van der Waals surface area (Å²) in [5.74, 6) is -0.0739. The predicted octanol–water partition coefficient (Wildman–Crippen LogP) is 2.43. The summed E-state index contributed by atoms with van der Waals surface area (Å²) in [5.41, 5.74) is 1.91. The zero-order valence-electron chi connectivity index (χ0n) is 15.4. The topological polar surface area (TPSA) is 62.7 Å². The highest BCUT2D eigenvalue weighted by atomic mass is 16.5. The molecule has 2 aliphatic heterocycles. The summed E-state index contributed by atoms with van der Waals surface area (Å²) in [7, 11) is 0. The van der Waals surface area contributed by atoms with E-state index in [0.29, 0.717) is 25.2 Å². The minimum atomic E-state index is -0.519. The molecule has 0 aliphatic carbocycles. The molecule has 6 heteroatoms. The van der Waals surface area contributed by atoms with Crippen molar-refractivity contribution in [3.8, 4) is 0 Å². The molecule has 6 nitrogen and oxygen atoms in total. The van der Waals surface area contributed by atoms with E-state index in [4.69, 9.17) is 4.74 Å². The zero-order valence-corrected chi connectivity index (χ0v) is 15.4. The van der Waals surface area contributed by atoms with Crippen molar-refractivity contribution >= 4 is 17.5 Å². The number of hydrogen-bond donors (Lipinski definition) is 0. The maximum atomic E-state index is 12.9. The highest BCUT2D eigenvalue weighted by Crippen LogP contribution is 2.32. The Kier molecular flexibility index (Phi) is 4.66. The fraction of sp³-hybridized carbons (Fsp3) is 0.381. The lowest BCUT2D eigenvalue weighted by Crippen LogP contribution is -2.62. The SMILES string of the molecule is Cc1cncc(C(=O)N2CCCC3(C2)CN(c2ccccc2)C(=O)CO3)c1. The van der Waals surface area contributed by atoms with Gasteiger partial charge in [-0.05, 0) is 43.5 Å². The van der Waals surface area contributed by atoms with Crippen molar-refractivity contribution in [1.82, 2.24) is 9.88 Å². The number of carbonyl (C=O) groups is 2. The van der Waals surface area contributed by atoms with Gasteiger partial charge in [0.25, 0.3) is 11.8 Å². The third-order valence-electron chi connectivity index (χ3n) is 5.27. The second-order valence-corrected chi connectivity index (χ2v) is 7.37. The van der Waals surface area contributed by atoms with Crippen molar-refractivity contribution in [1.29, 1.82) is 0 Å². The van der Waals surface area contributed by atoms with Gasteiger partial charge in [-0.3, -0.25) is 14.6 Å². The van der Waals surface area contributed by atoms with Crippen LogP contribution in [0.5, 0.6) is 0 Å². The van der Waals surface area contributed by atoms with Gasteiger partial charge in [0, 0.05) is 24.6 Å². The van der Waals surface area contributed by atoms with Crippen LogP contribution in [-0.4, -0.2) is 53.5 Å². The Morgan fingerprint density at radius 3 is 2.78 bits per heavy atom. The average molecular weight is 365 g/mol. The number of pyridine rings is 1. The lowest BCUT2D eigenvalue weighted by molar-refractivity contribution is -0.144. The van der Waals surface area contributed by atoms with Crippen molar-refractivity contribution in [3.05, 3.63) is 59.9 Å². The maximum Gasteiger partial charge on any atom is 0.255 e. The summed E-state index contributed by atoms with van der Waals surface area (Å²) in [6.45, 7) is 3.61. The van der Waals surface area contributed by atoms with Crippen LogP contribution in [0.1, 0.15) is 28.8 Å². The predicted molar refractivity (Wildman–Crippen MR) is 102 cm³/mol. The Morgan fingerprint density at radius 2 is 2.00 bits per heavy atom. The largest absolute Gasteiger partial charge is 0.361 e. The molecule has 1 aromatic heterocycles. The van der Waals surface area contributed by atoms with Crippen molar-refractivity contribution in [2.75, 3.05) is 31.1 Å². The minimum Gasteiger partial charge on any atom is -0.361 e. The van der Waals surface area contributed by atoms with E-state index in [0.717, 1.165) is 24.1 Å². The Morgan fingerprint density at radius 1 is 1.19 bits per heavy atom. The van der Waals surface area contributed by atoms with Crippen molar-refractivity contribution < 1.29 is 14.3 Å². The van der Waals surface area contributed by atoms with Gasteiger partial charge in [0.1, 0.15) is 12.2 Å². The molecular weight excluding hydrogens is 342 g/mol. The van der Waals surface area contributed by atoms with E-state index in [-0.39, 0.29) is 18.4 Å². The average Bonchev–Trinajstić information content (AvgIpc) is 2.70. The molecule has 0 bridgehead atoms. The molecule has 2 aliphatic rings. The van der Waals surface area contributed by atoms with E-state index in [1.165, 1.54) is 0 Å². The van der Waals surface area contributed by atoms with E-state index >= 15 is 0 Å². The molecular formula is C21H23N3O3. The fourth-order valence-corrected chi connectivity index (χ4v) is 3.93. The minimum absolute atomic E-state index is 0.0305. The number of likely N-dealkylation sites (tertiary alicyclic amines) is 1. The molecule has 1 spiro atoms. The number of hydrogen-bond acceptors (Lipinski definition) is 4. The number of aromatic nitrogens is 1. The number of amides is 2.